The zero-order chi connectivity index (χ0) is 19.4. The van der Waals surface area contributed by atoms with Crippen LogP contribution in [-0.2, 0) is 9.59 Å². The number of nitrogens with zero attached hydrogens (tertiary/aromatic N) is 1. The van der Waals surface area contributed by atoms with Gasteiger partial charge in [0.1, 0.15) is 11.4 Å². The molecular formula is C22H24N2O3. The van der Waals surface area contributed by atoms with Crippen molar-refractivity contribution in [3.8, 4) is 5.75 Å². The highest BCUT2D eigenvalue weighted by molar-refractivity contribution is 6.36. The lowest BCUT2D eigenvalue weighted by molar-refractivity contribution is -0.137. The van der Waals surface area contributed by atoms with Crippen LogP contribution >= 0.6 is 0 Å². The van der Waals surface area contributed by atoms with Crippen LogP contribution < -0.4 is 10.1 Å². The summed E-state index contributed by atoms with van der Waals surface area (Å²) in [6, 6.07) is 16.7. The Balaban J connectivity index is 2.01. The standard InChI is InChI=1S/C22H24N2O3/c1-4-27-18-12-8-11-17(13-18)23-20-19(16-9-6-5-7-10-16)21(25)24(22(20)26)14-15(2)3/h5-13,15,23H,4,14H2,1-3H3. The van der Waals surface area contributed by atoms with Crippen molar-refractivity contribution in [1.29, 1.82) is 0 Å². The van der Waals surface area contributed by atoms with Crippen LogP contribution in [-0.4, -0.2) is 29.9 Å². The summed E-state index contributed by atoms with van der Waals surface area (Å²) in [7, 11) is 0. The van der Waals surface area contributed by atoms with Gasteiger partial charge in [0.15, 0.2) is 0 Å². The smallest absolute Gasteiger partial charge is 0.278 e. The summed E-state index contributed by atoms with van der Waals surface area (Å²) in [5.41, 5.74) is 2.14. The Morgan fingerprint density at radius 1 is 1.00 bits per heavy atom. The van der Waals surface area contributed by atoms with Crippen LogP contribution in [0.5, 0.6) is 5.75 Å². The van der Waals surface area contributed by atoms with E-state index in [2.05, 4.69) is 5.32 Å². The molecule has 2 aromatic carbocycles. The first kappa shape index (κ1) is 18.7. The second-order valence-corrected chi connectivity index (χ2v) is 6.82. The summed E-state index contributed by atoms with van der Waals surface area (Å²) in [5.74, 6) is 0.341. The van der Waals surface area contributed by atoms with E-state index in [0.717, 1.165) is 5.56 Å². The van der Waals surface area contributed by atoms with E-state index in [-0.39, 0.29) is 17.7 Å². The fourth-order valence-corrected chi connectivity index (χ4v) is 3.07. The molecule has 5 heteroatoms. The lowest BCUT2D eigenvalue weighted by Crippen LogP contribution is -2.35. The Bertz CT molecular complexity index is 872. The Morgan fingerprint density at radius 3 is 2.41 bits per heavy atom. The molecule has 0 radical (unpaired) electrons. The Labute approximate surface area is 159 Å². The van der Waals surface area contributed by atoms with E-state index in [4.69, 9.17) is 4.74 Å². The maximum absolute atomic E-state index is 13.0. The van der Waals surface area contributed by atoms with E-state index in [1.165, 1.54) is 4.90 Å². The number of amides is 2. The molecule has 0 saturated heterocycles. The summed E-state index contributed by atoms with van der Waals surface area (Å²) in [4.78, 5) is 27.3. The molecule has 2 aromatic rings. The van der Waals surface area contributed by atoms with Crippen LogP contribution in [0.1, 0.15) is 26.3 Å². The molecule has 140 valence electrons. The first-order valence-corrected chi connectivity index (χ1v) is 9.17. The molecule has 0 saturated carbocycles. The van der Waals surface area contributed by atoms with Crippen LogP contribution in [0.15, 0.2) is 60.3 Å². The van der Waals surface area contributed by atoms with Crippen LogP contribution in [0, 0.1) is 5.92 Å². The van der Waals surface area contributed by atoms with Gasteiger partial charge in [-0.05, 0) is 30.5 Å². The van der Waals surface area contributed by atoms with Gasteiger partial charge in [-0.15, -0.1) is 0 Å². The van der Waals surface area contributed by atoms with Gasteiger partial charge >= 0.3 is 0 Å². The number of hydrogen-bond acceptors (Lipinski definition) is 4. The molecule has 5 nitrogen and oxygen atoms in total. The highest BCUT2D eigenvalue weighted by atomic mass is 16.5. The molecule has 0 spiro atoms. The molecule has 1 aliphatic heterocycles. The summed E-state index contributed by atoms with van der Waals surface area (Å²) >= 11 is 0. The van der Waals surface area contributed by atoms with Crippen LogP contribution in [0.25, 0.3) is 5.57 Å². The van der Waals surface area contributed by atoms with E-state index in [1.807, 2.05) is 75.4 Å². The number of ether oxygens (including phenoxy) is 1. The van der Waals surface area contributed by atoms with Crippen molar-refractivity contribution in [1.82, 2.24) is 4.90 Å². The van der Waals surface area contributed by atoms with Crippen molar-refractivity contribution in [2.45, 2.75) is 20.8 Å². The molecule has 1 aliphatic rings. The van der Waals surface area contributed by atoms with Crippen LogP contribution in [0.4, 0.5) is 5.69 Å². The summed E-state index contributed by atoms with van der Waals surface area (Å²) in [6.07, 6.45) is 0. The molecule has 0 unspecified atom stereocenters. The van der Waals surface area contributed by atoms with Crippen molar-refractivity contribution in [2.75, 3.05) is 18.5 Å². The number of imide groups is 1. The zero-order valence-electron chi connectivity index (χ0n) is 15.9. The summed E-state index contributed by atoms with van der Waals surface area (Å²) in [6.45, 7) is 6.83. The number of carbonyl (C=O) groups excluding carboxylic acids is 2. The highest BCUT2D eigenvalue weighted by Crippen LogP contribution is 2.31. The number of carbonyl (C=O) groups is 2. The van der Waals surface area contributed by atoms with Gasteiger partial charge in [0, 0.05) is 18.3 Å². The lowest BCUT2D eigenvalue weighted by atomic mass is 10.0. The third kappa shape index (κ3) is 4.03. The molecule has 0 fully saturated rings. The van der Waals surface area contributed by atoms with E-state index < -0.39 is 0 Å². The minimum atomic E-state index is -0.297. The normalized spacial score (nSPS) is 14.3. The minimum absolute atomic E-state index is 0.190. The second-order valence-electron chi connectivity index (χ2n) is 6.82. The topological polar surface area (TPSA) is 58.6 Å². The molecule has 2 amide bonds. The van der Waals surface area contributed by atoms with E-state index >= 15 is 0 Å². The van der Waals surface area contributed by atoms with Gasteiger partial charge in [0.05, 0.1) is 12.2 Å². The van der Waals surface area contributed by atoms with Gasteiger partial charge in [0.2, 0.25) is 0 Å². The Hall–Kier alpha value is -3.08. The van der Waals surface area contributed by atoms with E-state index in [0.29, 0.717) is 35.9 Å². The van der Waals surface area contributed by atoms with Gasteiger partial charge in [-0.3, -0.25) is 14.5 Å². The first-order chi connectivity index (χ1) is 13.0. The number of hydrogen-bond donors (Lipinski definition) is 1. The van der Waals surface area contributed by atoms with Crippen LogP contribution in [0.3, 0.4) is 0 Å². The monoisotopic (exact) mass is 364 g/mol. The molecule has 0 aliphatic carbocycles. The first-order valence-electron chi connectivity index (χ1n) is 9.17. The van der Waals surface area contributed by atoms with Crippen molar-refractivity contribution >= 4 is 23.1 Å². The molecular weight excluding hydrogens is 340 g/mol. The van der Waals surface area contributed by atoms with Gasteiger partial charge < -0.3 is 10.1 Å². The Morgan fingerprint density at radius 2 is 1.74 bits per heavy atom. The molecule has 1 N–H and O–H groups in total. The molecule has 1 heterocycles. The largest absolute Gasteiger partial charge is 0.494 e. The van der Waals surface area contributed by atoms with E-state index in [1.54, 1.807) is 0 Å². The lowest BCUT2D eigenvalue weighted by Gasteiger charge is -2.17. The van der Waals surface area contributed by atoms with Crippen molar-refractivity contribution in [3.63, 3.8) is 0 Å². The second kappa shape index (κ2) is 8.08. The van der Waals surface area contributed by atoms with Gasteiger partial charge in [-0.2, -0.15) is 0 Å². The Kier molecular flexibility index (Phi) is 5.60. The molecule has 0 bridgehead atoms. The highest BCUT2D eigenvalue weighted by Gasteiger charge is 2.39. The summed E-state index contributed by atoms with van der Waals surface area (Å²) in [5, 5.41) is 3.16. The maximum atomic E-state index is 13.0. The SMILES string of the molecule is CCOc1cccc(NC2=C(c3ccccc3)C(=O)N(CC(C)C)C2=O)c1. The van der Waals surface area contributed by atoms with Crippen molar-refractivity contribution < 1.29 is 14.3 Å². The van der Waals surface area contributed by atoms with Crippen molar-refractivity contribution in [3.05, 3.63) is 65.9 Å². The minimum Gasteiger partial charge on any atom is -0.494 e. The summed E-state index contributed by atoms with van der Waals surface area (Å²) < 4.78 is 5.53. The number of rotatable bonds is 7. The quantitative estimate of drug-likeness (QED) is 0.756. The predicted molar refractivity (Wildman–Crippen MR) is 106 cm³/mol. The average molecular weight is 364 g/mol. The molecule has 0 atom stereocenters. The fraction of sp³-hybridized carbons (Fsp3) is 0.273. The zero-order valence-corrected chi connectivity index (χ0v) is 15.9. The number of nitrogens with one attached hydrogen (secondary N) is 1. The fourth-order valence-electron chi connectivity index (χ4n) is 3.07. The average Bonchev–Trinajstić information content (AvgIpc) is 2.87. The third-order valence-electron chi connectivity index (χ3n) is 4.19. The maximum Gasteiger partial charge on any atom is 0.278 e. The van der Waals surface area contributed by atoms with Gasteiger partial charge in [-0.1, -0.05) is 50.2 Å². The third-order valence-corrected chi connectivity index (χ3v) is 4.19. The molecule has 27 heavy (non-hydrogen) atoms. The van der Waals surface area contributed by atoms with E-state index in [9.17, 15) is 9.59 Å². The number of anilines is 1. The van der Waals surface area contributed by atoms with Gasteiger partial charge in [0.25, 0.3) is 11.8 Å². The predicted octanol–water partition coefficient (Wildman–Crippen LogP) is 3.93. The number of benzene rings is 2. The molecule has 0 aromatic heterocycles. The molecule has 3 rings (SSSR count). The van der Waals surface area contributed by atoms with Crippen molar-refractivity contribution in [2.24, 2.45) is 5.92 Å². The van der Waals surface area contributed by atoms with Crippen LogP contribution in [0.2, 0.25) is 0 Å². The van der Waals surface area contributed by atoms with Gasteiger partial charge in [-0.25, -0.2) is 0 Å².